The van der Waals surface area contributed by atoms with Crippen molar-refractivity contribution in [2.24, 2.45) is 5.73 Å². The van der Waals surface area contributed by atoms with E-state index in [1.165, 1.54) is 12.1 Å². The summed E-state index contributed by atoms with van der Waals surface area (Å²) in [5.74, 6) is -1.21. The normalized spacial score (nSPS) is 20.1. The average Bonchev–Trinajstić information content (AvgIpc) is 2.62. The van der Waals surface area contributed by atoms with Gasteiger partial charge in [0.1, 0.15) is 29.6 Å². The monoisotopic (exact) mass is 410 g/mol. The van der Waals surface area contributed by atoms with E-state index in [-0.39, 0.29) is 19.6 Å². The Balaban J connectivity index is 1.73. The third-order valence-corrected chi connectivity index (χ3v) is 4.77. The number of nitrogens with two attached hydrogens (primary N) is 1. The van der Waals surface area contributed by atoms with Crippen molar-refractivity contribution in [2.75, 3.05) is 26.3 Å². The molecule has 0 aromatic heterocycles. The lowest BCUT2D eigenvalue weighted by Gasteiger charge is -2.42. The maximum absolute atomic E-state index is 14.0. The number of benzene rings is 2. The maximum Gasteiger partial charge on any atom is 0.220 e. The van der Waals surface area contributed by atoms with Gasteiger partial charge in [-0.2, -0.15) is 0 Å². The molecule has 1 atom stereocenters. The first-order valence-corrected chi connectivity index (χ1v) is 9.20. The van der Waals surface area contributed by atoms with E-state index in [0.29, 0.717) is 36.0 Å². The molecule has 1 saturated heterocycles. The first-order valence-electron chi connectivity index (χ1n) is 8.82. The largest absolute Gasteiger partial charge is 0.490 e. The van der Waals surface area contributed by atoms with Gasteiger partial charge in [-0.05, 0) is 24.3 Å². The molecule has 0 aliphatic carbocycles. The van der Waals surface area contributed by atoms with E-state index in [0.717, 1.165) is 6.07 Å². The standard InChI is InChI=1S/C20H21ClF2N2O3/c21-15-2-1-3-17(8-15)27-13-20(10-19(24)26)12-25(6-7-28-20)11-14-4-5-16(22)9-18(14)23/h1-5,8-9H,6-7,10-13H2,(H2,24,26). The highest BCUT2D eigenvalue weighted by atomic mass is 35.5. The van der Waals surface area contributed by atoms with Crippen molar-refractivity contribution in [2.45, 2.75) is 18.6 Å². The zero-order valence-corrected chi connectivity index (χ0v) is 15.9. The van der Waals surface area contributed by atoms with Crippen molar-refractivity contribution in [3.63, 3.8) is 0 Å². The Morgan fingerprint density at radius 1 is 1.29 bits per heavy atom. The highest BCUT2D eigenvalue weighted by Gasteiger charge is 2.39. The molecule has 3 rings (SSSR count). The summed E-state index contributed by atoms with van der Waals surface area (Å²) in [6.07, 6.45) is -0.0457. The van der Waals surface area contributed by atoms with Gasteiger partial charge in [0.25, 0.3) is 0 Å². The molecule has 1 amide bonds. The highest BCUT2D eigenvalue weighted by Crippen LogP contribution is 2.26. The zero-order chi connectivity index (χ0) is 20.1. The summed E-state index contributed by atoms with van der Waals surface area (Å²) in [5.41, 5.74) is 4.82. The molecule has 0 spiro atoms. The summed E-state index contributed by atoms with van der Waals surface area (Å²) in [6.45, 7) is 1.52. The van der Waals surface area contributed by atoms with Crippen molar-refractivity contribution in [3.05, 3.63) is 64.7 Å². The molecule has 0 radical (unpaired) electrons. The smallest absolute Gasteiger partial charge is 0.220 e. The minimum atomic E-state index is -0.969. The van der Waals surface area contributed by atoms with Crippen LogP contribution in [0.4, 0.5) is 8.78 Å². The van der Waals surface area contributed by atoms with Gasteiger partial charge in [0.2, 0.25) is 5.91 Å². The van der Waals surface area contributed by atoms with E-state index in [9.17, 15) is 13.6 Å². The van der Waals surface area contributed by atoms with E-state index in [1.807, 2.05) is 4.90 Å². The van der Waals surface area contributed by atoms with Gasteiger partial charge in [-0.1, -0.05) is 23.7 Å². The second kappa shape index (κ2) is 8.86. The van der Waals surface area contributed by atoms with E-state index >= 15 is 0 Å². The SMILES string of the molecule is NC(=O)CC1(COc2cccc(Cl)c2)CN(Cc2ccc(F)cc2F)CCO1. The molecule has 2 aromatic rings. The molecule has 2 N–H and O–H groups in total. The fourth-order valence-corrected chi connectivity index (χ4v) is 3.46. The van der Waals surface area contributed by atoms with Gasteiger partial charge >= 0.3 is 0 Å². The molecular weight excluding hydrogens is 390 g/mol. The molecule has 1 aliphatic rings. The van der Waals surface area contributed by atoms with Crippen molar-refractivity contribution < 1.29 is 23.0 Å². The Bertz CT molecular complexity index is 852. The molecule has 28 heavy (non-hydrogen) atoms. The van der Waals surface area contributed by atoms with Crippen molar-refractivity contribution in [3.8, 4) is 5.75 Å². The maximum atomic E-state index is 14.0. The molecule has 8 heteroatoms. The number of rotatable bonds is 7. The molecule has 0 saturated carbocycles. The number of nitrogens with zero attached hydrogens (tertiary/aromatic N) is 1. The number of carbonyl (C=O) groups is 1. The van der Waals surface area contributed by atoms with Gasteiger partial charge in [0.15, 0.2) is 0 Å². The summed E-state index contributed by atoms with van der Waals surface area (Å²) in [7, 11) is 0. The van der Waals surface area contributed by atoms with Crippen LogP contribution in [0.3, 0.4) is 0 Å². The van der Waals surface area contributed by atoms with Gasteiger partial charge in [-0.3, -0.25) is 9.69 Å². The van der Waals surface area contributed by atoms with E-state index < -0.39 is 23.1 Å². The minimum absolute atomic E-state index is 0.0457. The van der Waals surface area contributed by atoms with Gasteiger partial charge in [-0.15, -0.1) is 0 Å². The third kappa shape index (κ3) is 5.41. The molecular formula is C20H21ClF2N2O3. The van der Waals surface area contributed by atoms with Crippen molar-refractivity contribution >= 4 is 17.5 Å². The number of hydrogen-bond donors (Lipinski definition) is 1. The predicted octanol–water partition coefficient (Wildman–Crippen LogP) is 3.14. The molecule has 0 bridgehead atoms. The minimum Gasteiger partial charge on any atom is -0.490 e. The van der Waals surface area contributed by atoms with E-state index in [2.05, 4.69) is 0 Å². The van der Waals surface area contributed by atoms with Gasteiger partial charge in [-0.25, -0.2) is 8.78 Å². The van der Waals surface area contributed by atoms with Gasteiger partial charge < -0.3 is 15.2 Å². The Labute approximate surface area is 167 Å². The van der Waals surface area contributed by atoms with Crippen LogP contribution in [0.15, 0.2) is 42.5 Å². The van der Waals surface area contributed by atoms with E-state index in [4.69, 9.17) is 26.8 Å². The van der Waals surface area contributed by atoms with E-state index in [1.54, 1.807) is 24.3 Å². The van der Waals surface area contributed by atoms with Crippen LogP contribution in [-0.4, -0.2) is 42.7 Å². The summed E-state index contributed by atoms with van der Waals surface area (Å²) in [6, 6.07) is 10.4. The Kier molecular flexibility index (Phi) is 6.49. The lowest BCUT2D eigenvalue weighted by Crippen LogP contribution is -2.56. The van der Waals surface area contributed by atoms with Crippen LogP contribution in [0.2, 0.25) is 5.02 Å². The summed E-state index contributed by atoms with van der Waals surface area (Å²) in [5, 5.41) is 0.527. The number of halogens is 3. The Hall–Kier alpha value is -2.22. The number of hydrogen-bond acceptors (Lipinski definition) is 4. The van der Waals surface area contributed by atoms with Crippen molar-refractivity contribution in [1.82, 2.24) is 4.90 Å². The first kappa shape index (κ1) is 20.5. The molecule has 1 unspecified atom stereocenters. The van der Waals surface area contributed by atoms with Crippen LogP contribution in [0, 0.1) is 11.6 Å². The predicted molar refractivity (Wildman–Crippen MR) is 101 cm³/mol. The number of primary amides is 1. The summed E-state index contributed by atoms with van der Waals surface area (Å²) >= 11 is 5.97. The quantitative estimate of drug-likeness (QED) is 0.761. The third-order valence-electron chi connectivity index (χ3n) is 4.53. The topological polar surface area (TPSA) is 64.8 Å². The molecule has 1 fully saturated rings. The van der Waals surface area contributed by atoms with Crippen LogP contribution in [-0.2, 0) is 16.1 Å². The number of ether oxygens (including phenoxy) is 2. The van der Waals surface area contributed by atoms with Crippen LogP contribution in [0.25, 0.3) is 0 Å². The number of amides is 1. The van der Waals surface area contributed by atoms with Gasteiger partial charge in [0.05, 0.1) is 13.0 Å². The first-order chi connectivity index (χ1) is 13.3. The lowest BCUT2D eigenvalue weighted by atomic mass is 9.97. The summed E-state index contributed by atoms with van der Waals surface area (Å²) in [4.78, 5) is 13.6. The fourth-order valence-electron chi connectivity index (χ4n) is 3.28. The second-order valence-corrected chi connectivity index (χ2v) is 7.30. The Morgan fingerprint density at radius 2 is 2.11 bits per heavy atom. The average molecular weight is 411 g/mol. The van der Waals surface area contributed by atoms with Crippen LogP contribution < -0.4 is 10.5 Å². The lowest BCUT2D eigenvalue weighted by molar-refractivity contribution is -0.148. The van der Waals surface area contributed by atoms with Crippen molar-refractivity contribution in [1.29, 1.82) is 0 Å². The molecule has 5 nitrogen and oxygen atoms in total. The van der Waals surface area contributed by atoms with Crippen LogP contribution in [0.1, 0.15) is 12.0 Å². The fraction of sp³-hybridized carbons (Fsp3) is 0.350. The second-order valence-electron chi connectivity index (χ2n) is 6.87. The number of morpholine rings is 1. The Morgan fingerprint density at radius 3 is 2.82 bits per heavy atom. The highest BCUT2D eigenvalue weighted by molar-refractivity contribution is 6.30. The van der Waals surface area contributed by atoms with Gasteiger partial charge in [0, 0.05) is 36.3 Å². The molecule has 2 aromatic carbocycles. The van der Waals surface area contributed by atoms with Crippen LogP contribution in [0.5, 0.6) is 5.75 Å². The molecule has 1 heterocycles. The summed E-state index contributed by atoms with van der Waals surface area (Å²) < 4.78 is 38.8. The molecule has 1 aliphatic heterocycles. The molecule has 150 valence electrons. The van der Waals surface area contributed by atoms with Crippen LogP contribution >= 0.6 is 11.6 Å². The number of carbonyl (C=O) groups excluding carboxylic acids is 1. The zero-order valence-electron chi connectivity index (χ0n) is 15.2.